The van der Waals surface area contributed by atoms with E-state index in [9.17, 15) is 4.91 Å². The summed E-state index contributed by atoms with van der Waals surface area (Å²) in [6.45, 7) is -0.0413. The number of aliphatic hydroxyl groups is 2. The van der Waals surface area contributed by atoms with Gasteiger partial charge in [0.25, 0.3) is 0 Å². The first-order valence-corrected chi connectivity index (χ1v) is 3.51. The first kappa shape index (κ1) is 8.58. The van der Waals surface area contributed by atoms with Crippen molar-refractivity contribution in [2.45, 2.75) is 24.7 Å². The average Bonchev–Trinajstić information content (AvgIpc) is 2.04. The van der Waals surface area contributed by atoms with Crippen LogP contribution in [0, 0.1) is 4.91 Å². The molecule has 5 heteroatoms. The molecule has 1 heterocycles. The Bertz CT molecular complexity index is 141. The Morgan fingerprint density at radius 1 is 1.64 bits per heavy atom. The highest BCUT2D eigenvalue weighted by Gasteiger charge is 2.30. The van der Waals surface area contributed by atoms with Crippen molar-refractivity contribution in [1.29, 1.82) is 0 Å². The van der Waals surface area contributed by atoms with Crippen LogP contribution in [-0.4, -0.2) is 41.7 Å². The smallest absolute Gasteiger partial charge is 0.123 e. The first-order chi connectivity index (χ1) is 5.27. The van der Waals surface area contributed by atoms with Crippen LogP contribution in [0.4, 0.5) is 0 Å². The molecule has 0 aromatic heterocycles. The maximum atomic E-state index is 10.1. The third kappa shape index (κ3) is 1.95. The van der Waals surface area contributed by atoms with Gasteiger partial charge in [-0.3, -0.25) is 0 Å². The fourth-order valence-electron chi connectivity index (χ4n) is 1.13. The largest absolute Gasteiger partial charge is 0.394 e. The van der Waals surface area contributed by atoms with Crippen molar-refractivity contribution in [2.24, 2.45) is 5.18 Å². The van der Waals surface area contributed by atoms with E-state index in [0.717, 1.165) is 0 Å². The minimum atomic E-state index is -0.625. The second kappa shape index (κ2) is 3.75. The van der Waals surface area contributed by atoms with Gasteiger partial charge in [0.05, 0.1) is 19.3 Å². The van der Waals surface area contributed by atoms with Crippen molar-refractivity contribution >= 4 is 0 Å². The Hall–Kier alpha value is -0.520. The third-order valence-electron chi connectivity index (χ3n) is 1.76. The van der Waals surface area contributed by atoms with E-state index < -0.39 is 18.2 Å². The maximum absolute atomic E-state index is 10.1. The lowest BCUT2D eigenvalue weighted by molar-refractivity contribution is -0.0838. The number of hydrogen-bond acceptors (Lipinski definition) is 5. The Kier molecular flexibility index (Phi) is 2.92. The van der Waals surface area contributed by atoms with E-state index in [-0.39, 0.29) is 19.6 Å². The molecule has 2 N–H and O–H groups in total. The van der Waals surface area contributed by atoms with Gasteiger partial charge in [-0.1, -0.05) is 5.18 Å². The van der Waals surface area contributed by atoms with Gasteiger partial charge in [0.15, 0.2) is 0 Å². The molecule has 0 bridgehead atoms. The molecular formula is C6H11NO4. The van der Waals surface area contributed by atoms with Gasteiger partial charge in [-0.25, -0.2) is 0 Å². The molecule has 0 spiro atoms. The van der Waals surface area contributed by atoms with Crippen LogP contribution < -0.4 is 0 Å². The molecular weight excluding hydrogens is 150 g/mol. The SMILES string of the molecule is O=NC1CC(O)COC1CO. The van der Waals surface area contributed by atoms with Gasteiger partial charge in [0.1, 0.15) is 12.1 Å². The van der Waals surface area contributed by atoms with Gasteiger partial charge in [-0.15, -0.1) is 0 Å². The fraction of sp³-hybridized carbons (Fsp3) is 1.00. The van der Waals surface area contributed by atoms with Gasteiger partial charge in [-0.05, 0) is 0 Å². The zero-order valence-electron chi connectivity index (χ0n) is 6.01. The average molecular weight is 161 g/mol. The van der Waals surface area contributed by atoms with E-state index in [1.165, 1.54) is 0 Å². The Morgan fingerprint density at radius 2 is 2.36 bits per heavy atom. The molecule has 11 heavy (non-hydrogen) atoms. The van der Waals surface area contributed by atoms with E-state index in [4.69, 9.17) is 14.9 Å². The van der Waals surface area contributed by atoms with E-state index in [0.29, 0.717) is 0 Å². The highest BCUT2D eigenvalue weighted by Crippen LogP contribution is 2.16. The topological polar surface area (TPSA) is 79.1 Å². The molecule has 5 nitrogen and oxygen atoms in total. The second-order valence-corrected chi connectivity index (χ2v) is 2.62. The van der Waals surface area contributed by atoms with Crippen LogP contribution in [0.2, 0.25) is 0 Å². The van der Waals surface area contributed by atoms with E-state index in [1.54, 1.807) is 0 Å². The lowest BCUT2D eigenvalue weighted by atomic mass is 10.0. The summed E-state index contributed by atoms with van der Waals surface area (Å²) in [6, 6.07) is -0.608. The molecule has 0 saturated carbocycles. The summed E-state index contributed by atoms with van der Waals surface area (Å²) in [5.74, 6) is 0. The zero-order chi connectivity index (χ0) is 8.27. The highest BCUT2D eigenvalue weighted by molar-refractivity contribution is 4.83. The summed E-state index contributed by atoms with van der Waals surface area (Å²) in [5, 5.41) is 20.4. The van der Waals surface area contributed by atoms with Crippen LogP contribution in [0.3, 0.4) is 0 Å². The molecule has 64 valence electrons. The number of hydrogen-bond donors (Lipinski definition) is 2. The molecule has 3 atom stereocenters. The second-order valence-electron chi connectivity index (χ2n) is 2.62. The Morgan fingerprint density at radius 3 is 2.91 bits per heavy atom. The fourth-order valence-corrected chi connectivity index (χ4v) is 1.13. The summed E-state index contributed by atoms with van der Waals surface area (Å²) in [4.78, 5) is 10.1. The quantitative estimate of drug-likeness (QED) is 0.523. The molecule has 1 rings (SSSR count). The Balaban J connectivity index is 2.47. The molecule has 0 aromatic carbocycles. The number of nitrogens with zero attached hydrogens (tertiary/aromatic N) is 1. The lowest BCUT2D eigenvalue weighted by Gasteiger charge is -2.28. The van der Waals surface area contributed by atoms with Crippen LogP contribution in [-0.2, 0) is 4.74 Å². The van der Waals surface area contributed by atoms with Gasteiger partial charge in [0.2, 0.25) is 0 Å². The van der Waals surface area contributed by atoms with Crippen LogP contribution >= 0.6 is 0 Å². The van der Waals surface area contributed by atoms with Crippen molar-refractivity contribution in [3.05, 3.63) is 4.91 Å². The van der Waals surface area contributed by atoms with Crippen molar-refractivity contribution in [3.8, 4) is 0 Å². The van der Waals surface area contributed by atoms with E-state index in [2.05, 4.69) is 5.18 Å². The van der Waals surface area contributed by atoms with Crippen molar-refractivity contribution in [3.63, 3.8) is 0 Å². The summed E-state index contributed by atoms with van der Waals surface area (Å²) >= 11 is 0. The summed E-state index contributed by atoms with van der Waals surface area (Å²) in [6.07, 6.45) is -0.870. The standard InChI is InChI=1S/C6H11NO4/c8-2-6-5(7-10)1-4(9)3-11-6/h4-6,8-9H,1-3H2. The number of aliphatic hydroxyl groups excluding tert-OH is 2. The van der Waals surface area contributed by atoms with Gasteiger partial charge in [-0.2, -0.15) is 4.91 Å². The number of ether oxygens (including phenoxy) is 1. The number of nitroso groups, excluding NO2 is 1. The molecule has 0 aliphatic carbocycles. The number of rotatable bonds is 2. The van der Waals surface area contributed by atoms with Crippen LogP contribution in [0.15, 0.2) is 5.18 Å². The summed E-state index contributed by atoms with van der Waals surface area (Å²) < 4.78 is 4.95. The van der Waals surface area contributed by atoms with Crippen LogP contribution in [0.25, 0.3) is 0 Å². The summed E-state index contributed by atoms with van der Waals surface area (Å²) in [5.41, 5.74) is 0. The van der Waals surface area contributed by atoms with Crippen molar-refractivity contribution < 1.29 is 14.9 Å². The Labute approximate surface area is 64.0 Å². The zero-order valence-corrected chi connectivity index (χ0v) is 6.01. The van der Waals surface area contributed by atoms with E-state index in [1.807, 2.05) is 0 Å². The van der Waals surface area contributed by atoms with E-state index >= 15 is 0 Å². The first-order valence-electron chi connectivity index (χ1n) is 3.51. The van der Waals surface area contributed by atoms with Crippen LogP contribution in [0.1, 0.15) is 6.42 Å². The normalized spacial score (nSPS) is 38.5. The molecule has 1 saturated heterocycles. The van der Waals surface area contributed by atoms with Gasteiger partial charge in [0, 0.05) is 6.42 Å². The molecule has 0 radical (unpaired) electrons. The molecule has 0 aromatic rings. The molecule has 1 aliphatic rings. The molecule has 1 fully saturated rings. The lowest BCUT2D eigenvalue weighted by Crippen LogP contribution is -2.41. The monoisotopic (exact) mass is 161 g/mol. The maximum Gasteiger partial charge on any atom is 0.123 e. The van der Waals surface area contributed by atoms with Gasteiger partial charge < -0.3 is 14.9 Å². The predicted molar refractivity (Wildman–Crippen MR) is 37.0 cm³/mol. The van der Waals surface area contributed by atoms with Crippen molar-refractivity contribution in [2.75, 3.05) is 13.2 Å². The van der Waals surface area contributed by atoms with Gasteiger partial charge >= 0.3 is 0 Å². The third-order valence-corrected chi connectivity index (χ3v) is 1.76. The molecule has 3 unspecified atom stereocenters. The molecule has 0 amide bonds. The summed E-state index contributed by atoms with van der Waals surface area (Å²) in [7, 11) is 0. The highest BCUT2D eigenvalue weighted by atomic mass is 16.5. The minimum Gasteiger partial charge on any atom is -0.394 e. The minimum absolute atomic E-state index is 0.178. The van der Waals surface area contributed by atoms with Crippen molar-refractivity contribution in [1.82, 2.24) is 0 Å². The van der Waals surface area contributed by atoms with Crippen LogP contribution in [0.5, 0.6) is 0 Å². The molecule has 1 aliphatic heterocycles. The predicted octanol–water partition coefficient (Wildman–Crippen LogP) is -0.737.